The number of nitrogens with one attached hydrogen (secondary N) is 1. The molecule has 3 rings (SSSR count). The van der Waals surface area contributed by atoms with Crippen LogP contribution in [0.2, 0.25) is 0 Å². The highest BCUT2D eigenvalue weighted by Crippen LogP contribution is 2.25. The van der Waals surface area contributed by atoms with Crippen molar-refractivity contribution in [3.05, 3.63) is 71.4 Å². The SMILES string of the molecule is Cc1ccc(C)c(Nc2cc(C)nc(N(C)c3ccccc3)n2)c1. The van der Waals surface area contributed by atoms with E-state index in [0.29, 0.717) is 5.95 Å². The summed E-state index contributed by atoms with van der Waals surface area (Å²) in [4.78, 5) is 11.2. The smallest absolute Gasteiger partial charge is 0.231 e. The van der Waals surface area contributed by atoms with Gasteiger partial charge in [-0.1, -0.05) is 30.3 Å². The zero-order valence-electron chi connectivity index (χ0n) is 14.5. The van der Waals surface area contributed by atoms with E-state index in [4.69, 9.17) is 0 Å². The van der Waals surface area contributed by atoms with Gasteiger partial charge in [0.1, 0.15) is 5.82 Å². The van der Waals surface area contributed by atoms with E-state index in [1.807, 2.05) is 55.3 Å². The van der Waals surface area contributed by atoms with Gasteiger partial charge in [0.2, 0.25) is 5.95 Å². The molecule has 0 spiro atoms. The van der Waals surface area contributed by atoms with E-state index in [9.17, 15) is 0 Å². The fourth-order valence-electron chi connectivity index (χ4n) is 2.54. The second kappa shape index (κ2) is 6.71. The second-order valence-corrected chi connectivity index (χ2v) is 6.03. The Morgan fingerprint density at radius 2 is 1.62 bits per heavy atom. The van der Waals surface area contributed by atoms with Gasteiger partial charge in [-0.25, -0.2) is 4.98 Å². The first-order chi connectivity index (χ1) is 11.5. The lowest BCUT2D eigenvalue weighted by molar-refractivity contribution is 1.02. The Labute approximate surface area is 143 Å². The van der Waals surface area contributed by atoms with Crippen LogP contribution in [0.3, 0.4) is 0 Å². The summed E-state index contributed by atoms with van der Waals surface area (Å²) < 4.78 is 0. The van der Waals surface area contributed by atoms with E-state index >= 15 is 0 Å². The van der Waals surface area contributed by atoms with Crippen molar-refractivity contribution in [2.75, 3.05) is 17.3 Å². The summed E-state index contributed by atoms with van der Waals surface area (Å²) in [6.07, 6.45) is 0. The highest BCUT2D eigenvalue weighted by molar-refractivity contribution is 5.64. The third kappa shape index (κ3) is 3.54. The van der Waals surface area contributed by atoms with E-state index in [1.54, 1.807) is 0 Å². The maximum absolute atomic E-state index is 4.68. The Kier molecular flexibility index (Phi) is 4.47. The highest BCUT2D eigenvalue weighted by atomic mass is 15.3. The minimum absolute atomic E-state index is 0.675. The molecule has 1 heterocycles. The van der Waals surface area contributed by atoms with Crippen LogP contribution < -0.4 is 10.2 Å². The molecular formula is C20H22N4. The first kappa shape index (κ1) is 16.0. The highest BCUT2D eigenvalue weighted by Gasteiger charge is 2.10. The number of rotatable bonds is 4. The first-order valence-electron chi connectivity index (χ1n) is 8.01. The van der Waals surface area contributed by atoms with Crippen molar-refractivity contribution in [2.45, 2.75) is 20.8 Å². The van der Waals surface area contributed by atoms with Crippen LogP contribution in [0.1, 0.15) is 16.8 Å². The third-order valence-corrected chi connectivity index (χ3v) is 3.94. The van der Waals surface area contributed by atoms with E-state index in [1.165, 1.54) is 11.1 Å². The van der Waals surface area contributed by atoms with Crippen molar-refractivity contribution in [2.24, 2.45) is 0 Å². The summed E-state index contributed by atoms with van der Waals surface area (Å²) in [5.74, 6) is 1.47. The number of hydrogen-bond acceptors (Lipinski definition) is 4. The van der Waals surface area contributed by atoms with Crippen molar-refractivity contribution < 1.29 is 0 Å². The number of hydrogen-bond donors (Lipinski definition) is 1. The normalized spacial score (nSPS) is 10.5. The number of para-hydroxylation sites is 1. The molecule has 2 aromatic carbocycles. The molecule has 0 fully saturated rings. The Morgan fingerprint density at radius 1 is 0.875 bits per heavy atom. The third-order valence-electron chi connectivity index (χ3n) is 3.94. The van der Waals surface area contributed by atoms with Gasteiger partial charge in [-0.05, 0) is 50.1 Å². The molecule has 1 aromatic heterocycles. The maximum Gasteiger partial charge on any atom is 0.231 e. The summed E-state index contributed by atoms with van der Waals surface area (Å²) >= 11 is 0. The summed E-state index contributed by atoms with van der Waals surface area (Å²) in [5, 5.41) is 3.42. The second-order valence-electron chi connectivity index (χ2n) is 6.03. The monoisotopic (exact) mass is 318 g/mol. The lowest BCUT2D eigenvalue weighted by Crippen LogP contribution is -2.14. The van der Waals surface area contributed by atoms with Crippen molar-refractivity contribution >= 4 is 23.1 Å². The fraction of sp³-hybridized carbons (Fsp3) is 0.200. The average molecular weight is 318 g/mol. The number of aryl methyl sites for hydroxylation is 3. The fourth-order valence-corrected chi connectivity index (χ4v) is 2.54. The molecule has 4 heteroatoms. The van der Waals surface area contributed by atoms with Crippen LogP contribution >= 0.6 is 0 Å². The van der Waals surface area contributed by atoms with Gasteiger partial charge in [0.25, 0.3) is 0 Å². The number of nitrogens with zero attached hydrogens (tertiary/aromatic N) is 3. The summed E-state index contributed by atoms with van der Waals surface area (Å²) in [7, 11) is 1.98. The zero-order chi connectivity index (χ0) is 17.1. The van der Waals surface area contributed by atoms with Gasteiger partial charge in [-0.15, -0.1) is 0 Å². The van der Waals surface area contributed by atoms with E-state index in [0.717, 1.165) is 22.9 Å². The first-order valence-corrected chi connectivity index (χ1v) is 8.01. The molecule has 1 N–H and O–H groups in total. The van der Waals surface area contributed by atoms with Gasteiger partial charge in [0.05, 0.1) is 0 Å². The van der Waals surface area contributed by atoms with Crippen LogP contribution in [0.15, 0.2) is 54.6 Å². The Bertz CT molecular complexity index is 844. The van der Waals surface area contributed by atoms with Crippen molar-refractivity contribution in [3.63, 3.8) is 0 Å². The van der Waals surface area contributed by atoms with Crippen LogP contribution in [-0.2, 0) is 0 Å². The lowest BCUT2D eigenvalue weighted by Gasteiger charge is -2.19. The summed E-state index contributed by atoms with van der Waals surface area (Å²) in [6, 6.07) is 18.4. The summed E-state index contributed by atoms with van der Waals surface area (Å²) in [6.45, 7) is 6.16. The molecule has 0 atom stereocenters. The van der Waals surface area contributed by atoms with Gasteiger partial charge in [0.15, 0.2) is 0 Å². The molecule has 0 aliphatic rings. The predicted octanol–water partition coefficient (Wildman–Crippen LogP) is 4.91. The molecule has 0 aliphatic carbocycles. The molecule has 0 amide bonds. The van der Waals surface area contributed by atoms with Crippen LogP contribution in [-0.4, -0.2) is 17.0 Å². The van der Waals surface area contributed by atoms with Crippen LogP contribution in [0.5, 0.6) is 0 Å². The quantitative estimate of drug-likeness (QED) is 0.742. The number of aromatic nitrogens is 2. The van der Waals surface area contributed by atoms with Crippen LogP contribution in [0, 0.1) is 20.8 Å². The lowest BCUT2D eigenvalue weighted by atomic mass is 10.1. The van der Waals surface area contributed by atoms with Gasteiger partial charge in [-0.2, -0.15) is 4.98 Å². The largest absolute Gasteiger partial charge is 0.340 e. The number of anilines is 4. The predicted molar refractivity (Wildman–Crippen MR) is 100 cm³/mol. The van der Waals surface area contributed by atoms with Gasteiger partial charge < -0.3 is 10.2 Å². The molecule has 122 valence electrons. The molecule has 24 heavy (non-hydrogen) atoms. The average Bonchev–Trinajstić information content (AvgIpc) is 2.58. The minimum atomic E-state index is 0.675. The van der Waals surface area contributed by atoms with Crippen molar-refractivity contribution in [3.8, 4) is 0 Å². The molecule has 0 saturated heterocycles. The van der Waals surface area contributed by atoms with E-state index in [-0.39, 0.29) is 0 Å². The van der Waals surface area contributed by atoms with Crippen molar-refractivity contribution in [1.29, 1.82) is 0 Å². The maximum atomic E-state index is 4.68. The molecule has 0 aliphatic heterocycles. The number of benzene rings is 2. The molecule has 0 unspecified atom stereocenters. The zero-order valence-corrected chi connectivity index (χ0v) is 14.5. The molecule has 3 aromatic rings. The standard InChI is InChI=1S/C20H22N4/c1-14-10-11-15(2)18(12-14)22-19-13-16(3)21-20(23-19)24(4)17-8-6-5-7-9-17/h5-13H,1-4H3,(H,21,22,23). The topological polar surface area (TPSA) is 41.1 Å². The Morgan fingerprint density at radius 3 is 2.38 bits per heavy atom. The van der Waals surface area contributed by atoms with E-state index in [2.05, 4.69) is 47.3 Å². The van der Waals surface area contributed by atoms with Crippen LogP contribution in [0.4, 0.5) is 23.1 Å². The van der Waals surface area contributed by atoms with Gasteiger partial charge in [-0.3, -0.25) is 0 Å². The molecule has 0 radical (unpaired) electrons. The van der Waals surface area contributed by atoms with Gasteiger partial charge in [0, 0.05) is 30.2 Å². The Balaban J connectivity index is 1.93. The van der Waals surface area contributed by atoms with Crippen molar-refractivity contribution in [1.82, 2.24) is 9.97 Å². The molecule has 0 saturated carbocycles. The minimum Gasteiger partial charge on any atom is -0.340 e. The summed E-state index contributed by atoms with van der Waals surface area (Å²) in [5.41, 5.74) is 5.46. The van der Waals surface area contributed by atoms with Crippen LogP contribution in [0.25, 0.3) is 0 Å². The Hall–Kier alpha value is -2.88. The molecular weight excluding hydrogens is 296 g/mol. The van der Waals surface area contributed by atoms with E-state index < -0.39 is 0 Å². The van der Waals surface area contributed by atoms with Gasteiger partial charge >= 0.3 is 0 Å². The molecule has 0 bridgehead atoms. The molecule has 4 nitrogen and oxygen atoms in total.